The van der Waals surface area contributed by atoms with Crippen molar-refractivity contribution in [3.05, 3.63) is 29.8 Å². The van der Waals surface area contributed by atoms with Gasteiger partial charge in [0.1, 0.15) is 0 Å². The van der Waals surface area contributed by atoms with Crippen LogP contribution in [-0.4, -0.2) is 43.4 Å². The molecule has 0 radical (unpaired) electrons. The minimum Gasteiger partial charge on any atom is -0.311 e. The number of amides is 1. The SMILES string of the molecule is O=C(CSC1CCS(=O)(=O)C1)N1CCc2ccccc21. The Kier molecular flexibility index (Phi) is 3.77. The average Bonchev–Trinajstić information content (AvgIpc) is 2.99. The zero-order valence-electron chi connectivity index (χ0n) is 11.1. The summed E-state index contributed by atoms with van der Waals surface area (Å²) in [6, 6.07) is 7.97. The zero-order valence-corrected chi connectivity index (χ0v) is 12.8. The molecule has 0 spiro atoms. The van der Waals surface area contributed by atoms with Gasteiger partial charge in [-0.1, -0.05) is 18.2 Å². The molecule has 1 unspecified atom stereocenters. The molecule has 0 bridgehead atoms. The number of hydrogen-bond donors (Lipinski definition) is 0. The van der Waals surface area contributed by atoms with E-state index in [9.17, 15) is 13.2 Å². The zero-order chi connectivity index (χ0) is 14.2. The second-order valence-corrected chi connectivity index (χ2v) is 8.78. The first-order valence-corrected chi connectivity index (χ1v) is 9.62. The van der Waals surface area contributed by atoms with Crippen molar-refractivity contribution in [1.29, 1.82) is 0 Å². The molecule has 1 fully saturated rings. The van der Waals surface area contributed by atoms with Crippen molar-refractivity contribution in [2.45, 2.75) is 18.1 Å². The molecule has 3 rings (SSSR count). The van der Waals surface area contributed by atoms with Gasteiger partial charge in [-0.2, -0.15) is 0 Å². The fourth-order valence-electron chi connectivity index (χ4n) is 2.76. The predicted molar refractivity (Wildman–Crippen MR) is 82.0 cm³/mol. The largest absolute Gasteiger partial charge is 0.311 e. The molecular weight excluding hydrogens is 294 g/mol. The Morgan fingerprint density at radius 2 is 2.15 bits per heavy atom. The van der Waals surface area contributed by atoms with Crippen LogP contribution in [0.3, 0.4) is 0 Å². The van der Waals surface area contributed by atoms with Crippen molar-refractivity contribution >= 4 is 33.2 Å². The third-order valence-corrected chi connectivity index (χ3v) is 7.09. The van der Waals surface area contributed by atoms with Crippen LogP contribution in [0.4, 0.5) is 5.69 Å². The second-order valence-electron chi connectivity index (χ2n) is 5.26. The van der Waals surface area contributed by atoms with Gasteiger partial charge < -0.3 is 4.90 Å². The average molecular weight is 311 g/mol. The lowest BCUT2D eigenvalue weighted by atomic mass is 10.2. The summed E-state index contributed by atoms with van der Waals surface area (Å²) in [6.07, 6.45) is 1.58. The molecule has 108 valence electrons. The highest BCUT2D eigenvalue weighted by atomic mass is 32.2. The van der Waals surface area contributed by atoms with Crippen LogP contribution in [0.2, 0.25) is 0 Å². The molecule has 20 heavy (non-hydrogen) atoms. The smallest absolute Gasteiger partial charge is 0.237 e. The molecule has 6 heteroatoms. The normalized spacial score (nSPS) is 23.8. The summed E-state index contributed by atoms with van der Waals surface area (Å²) in [7, 11) is -2.86. The van der Waals surface area contributed by atoms with Gasteiger partial charge in [0, 0.05) is 17.5 Å². The molecule has 0 N–H and O–H groups in total. The van der Waals surface area contributed by atoms with Crippen LogP contribution in [0.1, 0.15) is 12.0 Å². The summed E-state index contributed by atoms with van der Waals surface area (Å²) < 4.78 is 22.8. The maximum absolute atomic E-state index is 12.3. The van der Waals surface area contributed by atoms with Crippen LogP contribution < -0.4 is 4.90 Å². The Balaban J connectivity index is 1.59. The number of sulfone groups is 1. The van der Waals surface area contributed by atoms with E-state index in [1.54, 1.807) is 0 Å². The number of thioether (sulfide) groups is 1. The Morgan fingerprint density at radius 1 is 1.35 bits per heavy atom. The number of carbonyl (C=O) groups excluding carboxylic acids is 1. The highest BCUT2D eigenvalue weighted by Crippen LogP contribution is 2.29. The van der Waals surface area contributed by atoms with Crippen LogP contribution in [0.25, 0.3) is 0 Å². The Morgan fingerprint density at radius 3 is 2.90 bits per heavy atom. The van der Waals surface area contributed by atoms with E-state index in [1.807, 2.05) is 23.1 Å². The van der Waals surface area contributed by atoms with Gasteiger partial charge in [0.25, 0.3) is 0 Å². The van der Waals surface area contributed by atoms with Crippen LogP contribution in [0.5, 0.6) is 0 Å². The van der Waals surface area contributed by atoms with E-state index in [0.717, 1.165) is 18.7 Å². The van der Waals surface area contributed by atoms with E-state index in [2.05, 4.69) is 6.07 Å². The number of nitrogens with zero attached hydrogens (tertiary/aromatic N) is 1. The number of carbonyl (C=O) groups is 1. The monoisotopic (exact) mass is 311 g/mol. The molecule has 2 aliphatic rings. The fraction of sp³-hybridized carbons (Fsp3) is 0.500. The highest BCUT2D eigenvalue weighted by molar-refractivity contribution is 8.02. The van der Waals surface area contributed by atoms with E-state index in [-0.39, 0.29) is 22.7 Å². The van der Waals surface area contributed by atoms with Crippen LogP contribution >= 0.6 is 11.8 Å². The van der Waals surface area contributed by atoms with Gasteiger partial charge in [-0.25, -0.2) is 8.42 Å². The summed E-state index contributed by atoms with van der Waals surface area (Å²) in [5.74, 6) is 0.950. The van der Waals surface area contributed by atoms with E-state index in [1.165, 1.54) is 17.3 Å². The second kappa shape index (κ2) is 5.41. The van der Waals surface area contributed by atoms with Gasteiger partial charge in [0.2, 0.25) is 5.91 Å². The van der Waals surface area contributed by atoms with E-state index >= 15 is 0 Å². The summed E-state index contributed by atoms with van der Waals surface area (Å²) >= 11 is 1.49. The number of anilines is 1. The molecule has 1 amide bonds. The number of para-hydroxylation sites is 1. The molecule has 0 aliphatic carbocycles. The van der Waals surface area contributed by atoms with Crippen molar-refractivity contribution in [3.8, 4) is 0 Å². The molecule has 1 saturated heterocycles. The fourth-order valence-corrected chi connectivity index (χ4v) is 6.27. The van der Waals surface area contributed by atoms with Crippen LogP contribution in [0.15, 0.2) is 24.3 Å². The molecule has 0 aromatic heterocycles. The van der Waals surface area contributed by atoms with Crippen molar-refractivity contribution in [1.82, 2.24) is 0 Å². The Hall–Kier alpha value is -1.01. The molecule has 1 aromatic carbocycles. The van der Waals surface area contributed by atoms with Gasteiger partial charge in [0.15, 0.2) is 9.84 Å². The minimum absolute atomic E-state index is 0.0850. The van der Waals surface area contributed by atoms with Gasteiger partial charge in [0.05, 0.1) is 17.3 Å². The number of hydrogen-bond acceptors (Lipinski definition) is 4. The number of rotatable bonds is 3. The van der Waals surface area contributed by atoms with Crippen molar-refractivity contribution in [3.63, 3.8) is 0 Å². The Bertz CT molecular complexity index is 627. The molecule has 1 aromatic rings. The minimum atomic E-state index is -2.86. The number of fused-ring (bicyclic) bond motifs is 1. The van der Waals surface area contributed by atoms with Crippen molar-refractivity contribution in [2.24, 2.45) is 0 Å². The quantitative estimate of drug-likeness (QED) is 0.849. The summed E-state index contributed by atoms with van der Waals surface area (Å²) in [4.78, 5) is 14.1. The highest BCUT2D eigenvalue weighted by Gasteiger charge is 2.30. The van der Waals surface area contributed by atoms with Crippen molar-refractivity contribution < 1.29 is 13.2 Å². The number of benzene rings is 1. The third-order valence-electron chi connectivity index (χ3n) is 3.82. The van der Waals surface area contributed by atoms with E-state index in [4.69, 9.17) is 0 Å². The maximum atomic E-state index is 12.3. The lowest BCUT2D eigenvalue weighted by Gasteiger charge is -2.18. The first kappa shape index (κ1) is 13.9. The van der Waals surface area contributed by atoms with Gasteiger partial charge in [-0.15, -0.1) is 11.8 Å². The molecule has 0 saturated carbocycles. The van der Waals surface area contributed by atoms with Crippen molar-refractivity contribution in [2.75, 3.05) is 28.7 Å². The third kappa shape index (κ3) is 2.86. The van der Waals surface area contributed by atoms with Gasteiger partial charge >= 0.3 is 0 Å². The van der Waals surface area contributed by atoms with Gasteiger partial charge in [-0.3, -0.25) is 4.79 Å². The van der Waals surface area contributed by atoms with Gasteiger partial charge in [-0.05, 0) is 24.5 Å². The van der Waals surface area contributed by atoms with Crippen LogP contribution in [-0.2, 0) is 21.1 Å². The first-order chi connectivity index (χ1) is 9.55. The van der Waals surface area contributed by atoms with E-state index in [0.29, 0.717) is 12.2 Å². The summed E-state index contributed by atoms with van der Waals surface area (Å²) in [6.45, 7) is 0.738. The molecule has 2 heterocycles. The standard InChI is InChI=1S/C14H17NO3S2/c16-14(9-19-12-6-8-20(17,18)10-12)15-7-5-11-3-1-2-4-13(11)15/h1-4,12H,5-10H2. The molecule has 1 atom stereocenters. The first-order valence-electron chi connectivity index (χ1n) is 6.75. The lowest BCUT2D eigenvalue weighted by molar-refractivity contribution is -0.116. The Labute approximate surface area is 123 Å². The molecular formula is C14H17NO3S2. The molecule has 4 nitrogen and oxygen atoms in total. The van der Waals surface area contributed by atoms with Crippen LogP contribution in [0, 0.1) is 0 Å². The maximum Gasteiger partial charge on any atom is 0.237 e. The van der Waals surface area contributed by atoms with E-state index < -0.39 is 9.84 Å². The molecule has 2 aliphatic heterocycles. The summed E-state index contributed by atoms with van der Waals surface area (Å²) in [5.41, 5.74) is 2.23. The topological polar surface area (TPSA) is 54.5 Å². The predicted octanol–water partition coefficient (Wildman–Crippen LogP) is 1.50. The summed E-state index contributed by atoms with van der Waals surface area (Å²) in [5, 5.41) is 0.0850. The lowest BCUT2D eigenvalue weighted by Crippen LogP contribution is -2.31.